The number of fused-ring (bicyclic) bond motifs is 2. The van der Waals surface area contributed by atoms with Crippen LogP contribution in [0.3, 0.4) is 0 Å². The third kappa shape index (κ3) is 5.12. The second-order valence-corrected chi connectivity index (χ2v) is 11.8. The first kappa shape index (κ1) is 27.1. The van der Waals surface area contributed by atoms with E-state index in [0.29, 0.717) is 23.6 Å². The highest BCUT2D eigenvalue weighted by Gasteiger charge is 2.29. The number of nitrogens with zero attached hydrogens (tertiary/aromatic N) is 4. The van der Waals surface area contributed by atoms with E-state index in [1.165, 1.54) is 23.3 Å². The van der Waals surface area contributed by atoms with Crippen LogP contribution in [0.25, 0.3) is 16.6 Å². The molecule has 2 aromatic heterocycles. The number of carbonyl (C=O) groups is 2. The number of amides is 2. The van der Waals surface area contributed by atoms with Gasteiger partial charge in [0, 0.05) is 48.6 Å². The molecule has 0 bridgehead atoms. The summed E-state index contributed by atoms with van der Waals surface area (Å²) in [5.41, 5.74) is 6.31. The van der Waals surface area contributed by atoms with Crippen LogP contribution in [0.5, 0.6) is 0 Å². The highest BCUT2D eigenvalue weighted by molar-refractivity contribution is 6.00. The molecule has 1 saturated heterocycles. The molecular weight excluding hydrogens is 517 g/mol. The number of likely N-dealkylation sites (tertiary alicyclic amines) is 1. The lowest BCUT2D eigenvalue weighted by Gasteiger charge is -2.31. The van der Waals surface area contributed by atoms with E-state index in [0.717, 1.165) is 48.2 Å². The largest absolute Gasteiger partial charge is 0.334 e. The molecule has 2 amide bonds. The molecule has 1 fully saturated rings. The number of hydrogen-bond acceptors (Lipinski definition) is 4. The van der Waals surface area contributed by atoms with E-state index >= 15 is 0 Å². The fraction of sp³-hybridized carbons (Fsp3) is 0.364. The maximum absolute atomic E-state index is 14.5. The summed E-state index contributed by atoms with van der Waals surface area (Å²) in [5.74, 6) is -0.259. The smallest absolute Gasteiger partial charge is 0.256 e. The number of anilines is 1. The van der Waals surface area contributed by atoms with Gasteiger partial charge in [0.15, 0.2) is 0 Å². The van der Waals surface area contributed by atoms with E-state index in [1.54, 1.807) is 17.2 Å². The lowest BCUT2D eigenvalue weighted by molar-refractivity contribution is -0.115. The maximum atomic E-state index is 14.5. The van der Waals surface area contributed by atoms with Crippen LogP contribution in [-0.2, 0) is 17.8 Å². The van der Waals surface area contributed by atoms with Crippen LogP contribution >= 0.6 is 0 Å². The number of carbonyl (C=O) groups excluding carboxylic acids is 2. The molecule has 0 spiro atoms. The summed E-state index contributed by atoms with van der Waals surface area (Å²) in [6.45, 7) is 10.6. The van der Waals surface area contributed by atoms with Gasteiger partial charge in [0.2, 0.25) is 5.91 Å². The number of pyridine rings is 1. The molecule has 1 atom stereocenters. The van der Waals surface area contributed by atoms with E-state index < -0.39 is 5.82 Å². The van der Waals surface area contributed by atoms with E-state index in [1.807, 2.05) is 50.6 Å². The average molecular weight is 554 g/mol. The molecule has 1 unspecified atom stereocenters. The van der Waals surface area contributed by atoms with Gasteiger partial charge in [-0.3, -0.25) is 19.5 Å². The number of hydrogen-bond donors (Lipinski definition) is 1. The first-order valence-corrected chi connectivity index (χ1v) is 14.4. The lowest BCUT2D eigenvalue weighted by Crippen LogP contribution is -2.42. The summed E-state index contributed by atoms with van der Waals surface area (Å²) in [7, 11) is 0. The van der Waals surface area contributed by atoms with Crippen molar-refractivity contribution in [1.82, 2.24) is 19.4 Å². The Labute approximate surface area is 240 Å². The third-order valence-corrected chi connectivity index (χ3v) is 8.35. The Morgan fingerprint density at radius 1 is 1.12 bits per heavy atom. The predicted molar refractivity (Wildman–Crippen MR) is 159 cm³/mol. The molecule has 212 valence electrons. The van der Waals surface area contributed by atoms with Crippen molar-refractivity contribution in [3.63, 3.8) is 0 Å². The van der Waals surface area contributed by atoms with Crippen LogP contribution in [0.15, 0.2) is 61.1 Å². The minimum Gasteiger partial charge on any atom is -0.334 e. The average Bonchev–Trinajstić information content (AvgIpc) is 3.64. The zero-order chi connectivity index (χ0) is 28.8. The molecule has 4 heterocycles. The summed E-state index contributed by atoms with van der Waals surface area (Å²) in [6, 6.07) is 12.7. The first-order valence-electron chi connectivity index (χ1n) is 14.4. The molecule has 0 aliphatic carbocycles. The Balaban J connectivity index is 1.32. The molecule has 4 aromatic rings. The van der Waals surface area contributed by atoms with Crippen LogP contribution in [0, 0.1) is 5.82 Å². The van der Waals surface area contributed by atoms with Crippen LogP contribution in [0.2, 0.25) is 0 Å². The van der Waals surface area contributed by atoms with Crippen molar-refractivity contribution in [2.75, 3.05) is 18.4 Å². The van der Waals surface area contributed by atoms with Crippen molar-refractivity contribution in [2.45, 2.75) is 65.1 Å². The standard InChI is InChI=1S/C33H36FN5O2/c1-20(2)39(21(3)4)33(41)27-15-25(34)6-8-30(27)38-19-28(26-9-11-35-16-31(26)38)23-10-12-37(18-23)17-22-5-7-29-24(13-22)14-32(40)36-29/h5-9,11,13,15-16,19-21,23H,10,12,14,17-18H2,1-4H3,(H,36,40). The minimum absolute atomic E-state index is 0.0239. The predicted octanol–water partition coefficient (Wildman–Crippen LogP) is 5.91. The zero-order valence-electron chi connectivity index (χ0n) is 24.0. The molecule has 1 N–H and O–H groups in total. The molecule has 2 aliphatic rings. The Kier molecular flexibility index (Phi) is 7.11. The molecule has 7 nitrogen and oxygen atoms in total. The maximum Gasteiger partial charge on any atom is 0.256 e. The quantitative estimate of drug-likeness (QED) is 0.309. The van der Waals surface area contributed by atoms with Crippen LogP contribution < -0.4 is 5.32 Å². The van der Waals surface area contributed by atoms with E-state index in [2.05, 4.69) is 33.5 Å². The van der Waals surface area contributed by atoms with Gasteiger partial charge in [-0.1, -0.05) is 12.1 Å². The Morgan fingerprint density at radius 2 is 1.93 bits per heavy atom. The highest BCUT2D eigenvalue weighted by Crippen LogP contribution is 2.36. The van der Waals surface area contributed by atoms with Gasteiger partial charge in [-0.2, -0.15) is 0 Å². The third-order valence-electron chi connectivity index (χ3n) is 8.35. The first-order chi connectivity index (χ1) is 19.7. The number of nitrogens with one attached hydrogen (secondary N) is 1. The van der Waals surface area contributed by atoms with Crippen molar-refractivity contribution in [1.29, 1.82) is 0 Å². The fourth-order valence-corrected chi connectivity index (χ4v) is 6.59. The van der Waals surface area contributed by atoms with Crippen molar-refractivity contribution < 1.29 is 14.0 Å². The summed E-state index contributed by atoms with van der Waals surface area (Å²) in [4.78, 5) is 34.2. The van der Waals surface area contributed by atoms with Gasteiger partial charge in [0.1, 0.15) is 5.82 Å². The van der Waals surface area contributed by atoms with Crippen LogP contribution in [0.1, 0.15) is 67.1 Å². The molecular formula is C33H36FN5O2. The molecule has 6 rings (SSSR count). The Morgan fingerprint density at radius 3 is 2.71 bits per heavy atom. The summed E-state index contributed by atoms with van der Waals surface area (Å²) >= 11 is 0. The molecule has 8 heteroatoms. The fourth-order valence-electron chi connectivity index (χ4n) is 6.59. The Bertz CT molecular complexity index is 1630. The van der Waals surface area contributed by atoms with Gasteiger partial charge < -0.3 is 14.8 Å². The molecule has 2 aliphatic heterocycles. The van der Waals surface area contributed by atoms with Gasteiger partial charge in [0.25, 0.3) is 5.91 Å². The number of aromatic nitrogens is 2. The highest BCUT2D eigenvalue weighted by atomic mass is 19.1. The van der Waals surface area contributed by atoms with Gasteiger partial charge in [0.05, 0.1) is 29.4 Å². The molecule has 0 radical (unpaired) electrons. The van der Waals surface area contributed by atoms with Crippen LogP contribution in [0.4, 0.5) is 10.1 Å². The van der Waals surface area contributed by atoms with Crippen molar-refractivity contribution in [3.05, 3.63) is 89.1 Å². The zero-order valence-corrected chi connectivity index (χ0v) is 24.0. The second kappa shape index (κ2) is 10.7. The molecule has 2 aromatic carbocycles. The normalized spacial score (nSPS) is 17.0. The van der Waals surface area contributed by atoms with Gasteiger partial charge in [-0.05, 0) is 93.6 Å². The summed E-state index contributed by atoms with van der Waals surface area (Å²) < 4.78 is 16.6. The number of rotatable bonds is 7. The second-order valence-electron chi connectivity index (χ2n) is 11.8. The molecule has 41 heavy (non-hydrogen) atoms. The summed E-state index contributed by atoms with van der Waals surface area (Å²) in [6.07, 6.45) is 7.20. The monoisotopic (exact) mass is 553 g/mol. The minimum atomic E-state index is -0.433. The van der Waals surface area contributed by atoms with Crippen LogP contribution in [-0.4, -0.2) is 56.3 Å². The van der Waals surface area contributed by atoms with Gasteiger partial charge in [-0.15, -0.1) is 0 Å². The topological polar surface area (TPSA) is 70.5 Å². The number of halogens is 1. The SMILES string of the molecule is CC(C)N(C(=O)c1cc(F)ccc1-n1cc(C2CCN(Cc3ccc4c(c3)CC(=O)N4)C2)c2ccncc21)C(C)C. The number of benzene rings is 2. The van der Waals surface area contributed by atoms with Crippen molar-refractivity contribution in [2.24, 2.45) is 0 Å². The van der Waals surface area contributed by atoms with Crippen molar-refractivity contribution >= 4 is 28.4 Å². The van der Waals surface area contributed by atoms with E-state index in [-0.39, 0.29) is 23.9 Å². The summed E-state index contributed by atoms with van der Waals surface area (Å²) in [5, 5.41) is 4.00. The van der Waals surface area contributed by atoms with Crippen molar-refractivity contribution in [3.8, 4) is 5.69 Å². The Hall–Kier alpha value is -4.04. The lowest BCUT2D eigenvalue weighted by atomic mass is 9.98. The van der Waals surface area contributed by atoms with Gasteiger partial charge >= 0.3 is 0 Å². The van der Waals surface area contributed by atoms with E-state index in [4.69, 9.17) is 0 Å². The molecule has 0 saturated carbocycles. The van der Waals surface area contributed by atoms with E-state index in [9.17, 15) is 14.0 Å². The van der Waals surface area contributed by atoms with Gasteiger partial charge in [-0.25, -0.2) is 4.39 Å².